The zero-order valence-electron chi connectivity index (χ0n) is 12.5. The van der Waals surface area contributed by atoms with Gasteiger partial charge in [-0.25, -0.2) is 4.79 Å². The third kappa shape index (κ3) is 2.86. The summed E-state index contributed by atoms with van der Waals surface area (Å²) in [5.74, 6) is -0.881. The molecule has 1 fully saturated rings. The van der Waals surface area contributed by atoms with E-state index in [1.165, 1.54) is 0 Å². The van der Waals surface area contributed by atoms with Gasteiger partial charge < -0.3 is 16.2 Å². The van der Waals surface area contributed by atoms with Gasteiger partial charge in [-0.05, 0) is 43.9 Å². The first-order valence-corrected chi connectivity index (χ1v) is 7.35. The second-order valence-electron chi connectivity index (χ2n) is 5.84. The first-order chi connectivity index (χ1) is 9.89. The molecule has 1 saturated carbocycles. The summed E-state index contributed by atoms with van der Waals surface area (Å²) in [5, 5.41) is 12.4. The molecule has 0 saturated heterocycles. The van der Waals surface area contributed by atoms with Crippen LogP contribution in [-0.4, -0.2) is 22.4 Å². The molecule has 114 valence electrons. The number of anilines is 2. The van der Waals surface area contributed by atoms with Gasteiger partial charge in [-0.2, -0.15) is 0 Å². The minimum absolute atomic E-state index is 0.0261. The van der Waals surface area contributed by atoms with Crippen molar-refractivity contribution in [3.05, 3.63) is 23.8 Å². The second-order valence-corrected chi connectivity index (χ2v) is 5.84. The molecule has 0 amide bonds. The summed E-state index contributed by atoms with van der Waals surface area (Å²) < 4.78 is 0. The Kier molecular flexibility index (Phi) is 4.21. The van der Waals surface area contributed by atoms with Crippen molar-refractivity contribution in [1.29, 1.82) is 0 Å². The lowest BCUT2D eigenvalue weighted by molar-refractivity contribution is -0.145. The van der Waals surface area contributed by atoms with Crippen molar-refractivity contribution >= 4 is 23.1 Å². The van der Waals surface area contributed by atoms with Crippen LogP contribution in [0, 0.1) is 5.92 Å². The van der Waals surface area contributed by atoms with Crippen LogP contribution in [0.25, 0.3) is 0 Å². The largest absolute Gasteiger partial charge is 0.480 e. The molecule has 5 nitrogen and oxygen atoms in total. The Morgan fingerprint density at radius 2 is 2.10 bits per heavy atom. The number of aliphatic carboxylic acids is 1. The number of hydrogen-bond acceptors (Lipinski definition) is 4. The van der Waals surface area contributed by atoms with Gasteiger partial charge in [-0.1, -0.05) is 13.8 Å². The Morgan fingerprint density at radius 3 is 2.52 bits per heavy atom. The predicted molar refractivity (Wildman–Crippen MR) is 82.5 cm³/mol. The number of Topliss-reactive ketones (excluding diaryl/α,β-unsaturated/α-hetero) is 1. The molecule has 1 aliphatic rings. The first kappa shape index (κ1) is 15.4. The lowest BCUT2D eigenvalue weighted by Gasteiger charge is -2.39. The molecule has 0 bridgehead atoms. The smallest absolute Gasteiger partial charge is 0.329 e. The van der Waals surface area contributed by atoms with Crippen LogP contribution in [0.15, 0.2) is 18.2 Å². The van der Waals surface area contributed by atoms with Gasteiger partial charge in [0.05, 0.1) is 0 Å². The van der Waals surface area contributed by atoms with Crippen LogP contribution in [-0.2, 0) is 4.79 Å². The van der Waals surface area contributed by atoms with Crippen molar-refractivity contribution in [2.24, 2.45) is 5.92 Å². The molecule has 0 heterocycles. The van der Waals surface area contributed by atoms with Gasteiger partial charge in [-0.3, -0.25) is 4.79 Å². The molecule has 0 aromatic heterocycles. The highest BCUT2D eigenvalue weighted by Crippen LogP contribution is 2.36. The number of carbonyl (C=O) groups is 2. The minimum atomic E-state index is -0.880. The fourth-order valence-corrected chi connectivity index (χ4v) is 2.51. The molecule has 1 aliphatic carbocycles. The zero-order valence-corrected chi connectivity index (χ0v) is 12.5. The van der Waals surface area contributed by atoms with E-state index in [-0.39, 0.29) is 11.7 Å². The Labute approximate surface area is 124 Å². The number of carboxylic acid groups (broad SMARTS) is 1. The van der Waals surface area contributed by atoms with Gasteiger partial charge in [0.25, 0.3) is 0 Å². The second kappa shape index (κ2) is 5.76. The quantitative estimate of drug-likeness (QED) is 0.553. The highest BCUT2D eigenvalue weighted by Gasteiger charge is 2.44. The van der Waals surface area contributed by atoms with Gasteiger partial charge in [-0.15, -0.1) is 0 Å². The minimum Gasteiger partial charge on any atom is -0.480 e. The van der Waals surface area contributed by atoms with Crippen LogP contribution in [0.2, 0.25) is 0 Å². The van der Waals surface area contributed by atoms with Crippen molar-refractivity contribution in [2.75, 3.05) is 11.1 Å². The summed E-state index contributed by atoms with van der Waals surface area (Å²) in [6.45, 7) is 3.84. The van der Waals surface area contributed by atoms with E-state index in [1.807, 2.05) is 13.8 Å². The summed E-state index contributed by atoms with van der Waals surface area (Å²) in [7, 11) is 0. The van der Waals surface area contributed by atoms with E-state index in [2.05, 4.69) is 5.32 Å². The topological polar surface area (TPSA) is 92.4 Å². The third-order valence-corrected chi connectivity index (χ3v) is 4.38. The summed E-state index contributed by atoms with van der Waals surface area (Å²) in [6.07, 6.45) is 2.88. The van der Waals surface area contributed by atoms with E-state index in [0.717, 1.165) is 12.8 Å². The number of ketones is 1. The van der Waals surface area contributed by atoms with Gasteiger partial charge in [0, 0.05) is 22.9 Å². The normalized spacial score (nSPS) is 17.6. The number of nitrogen functional groups attached to an aromatic ring is 1. The molecule has 5 heteroatoms. The standard InChI is InChI=1S/C16H22N2O3/c1-3-10(2)14(19)12-6-5-11(9-13(12)17)18-16(15(20)21)7-4-8-16/h5-6,9-10,18H,3-4,7-8,17H2,1-2H3,(H,20,21). The zero-order chi connectivity index (χ0) is 15.6. The average molecular weight is 290 g/mol. The maximum absolute atomic E-state index is 12.2. The molecule has 0 radical (unpaired) electrons. The van der Waals surface area contributed by atoms with Gasteiger partial charge in [0.15, 0.2) is 5.78 Å². The van der Waals surface area contributed by atoms with E-state index in [0.29, 0.717) is 29.8 Å². The van der Waals surface area contributed by atoms with Crippen molar-refractivity contribution in [3.63, 3.8) is 0 Å². The highest BCUT2D eigenvalue weighted by molar-refractivity contribution is 6.02. The summed E-state index contributed by atoms with van der Waals surface area (Å²) in [6, 6.07) is 5.06. The fourth-order valence-electron chi connectivity index (χ4n) is 2.51. The Balaban J connectivity index is 2.20. The SMILES string of the molecule is CCC(C)C(=O)c1ccc(NC2(C(=O)O)CCC2)cc1N. The molecule has 1 aromatic carbocycles. The summed E-state index contributed by atoms with van der Waals surface area (Å²) in [5.41, 5.74) is 6.63. The van der Waals surface area contributed by atoms with E-state index >= 15 is 0 Å². The number of nitrogens with one attached hydrogen (secondary N) is 1. The highest BCUT2D eigenvalue weighted by atomic mass is 16.4. The monoisotopic (exact) mass is 290 g/mol. The molecule has 0 spiro atoms. The van der Waals surface area contributed by atoms with Gasteiger partial charge in [0.2, 0.25) is 0 Å². The molecule has 2 rings (SSSR count). The number of hydrogen-bond donors (Lipinski definition) is 3. The van der Waals surface area contributed by atoms with Crippen molar-refractivity contribution in [3.8, 4) is 0 Å². The van der Waals surface area contributed by atoms with Crippen LogP contribution in [0.1, 0.15) is 49.9 Å². The number of carbonyl (C=O) groups excluding carboxylic acids is 1. The average Bonchev–Trinajstić information content (AvgIpc) is 2.41. The Bertz CT molecular complexity index is 565. The number of rotatable bonds is 6. The van der Waals surface area contributed by atoms with Gasteiger partial charge >= 0.3 is 5.97 Å². The van der Waals surface area contributed by atoms with Crippen LogP contribution >= 0.6 is 0 Å². The number of carboxylic acids is 1. The van der Waals surface area contributed by atoms with Crippen LogP contribution in [0.3, 0.4) is 0 Å². The maximum Gasteiger partial charge on any atom is 0.329 e. The van der Waals surface area contributed by atoms with Crippen LogP contribution < -0.4 is 11.1 Å². The van der Waals surface area contributed by atoms with Gasteiger partial charge in [0.1, 0.15) is 5.54 Å². The van der Waals surface area contributed by atoms with E-state index in [9.17, 15) is 14.7 Å². The molecule has 1 aromatic rings. The molecule has 1 atom stereocenters. The molecule has 4 N–H and O–H groups in total. The predicted octanol–water partition coefficient (Wildman–Crippen LogP) is 2.92. The van der Waals surface area contributed by atoms with Crippen molar-refractivity contribution in [1.82, 2.24) is 0 Å². The number of nitrogens with two attached hydrogens (primary N) is 1. The lowest BCUT2D eigenvalue weighted by atomic mass is 9.76. The fraction of sp³-hybridized carbons (Fsp3) is 0.500. The van der Waals surface area contributed by atoms with Crippen LogP contribution in [0.4, 0.5) is 11.4 Å². The van der Waals surface area contributed by atoms with E-state index in [4.69, 9.17) is 5.73 Å². The third-order valence-electron chi connectivity index (χ3n) is 4.38. The Morgan fingerprint density at radius 1 is 1.43 bits per heavy atom. The lowest BCUT2D eigenvalue weighted by Crippen LogP contribution is -2.52. The van der Waals surface area contributed by atoms with E-state index < -0.39 is 11.5 Å². The summed E-state index contributed by atoms with van der Waals surface area (Å²) in [4.78, 5) is 23.5. The van der Waals surface area contributed by atoms with Crippen LogP contribution in [0.5, 0.6) is 0 Å². The molecule has 0 aliphatic heterocycles. The Hall–Kier alpha value is -2.04. The number of benzene rings is 1. The molecular formula is C16H22N2O3. The molecule has 1 unspecified atom stereocenters. The molecule has 21 heavy (non-hydrogen) atoms. The molecular weight excluding hydrogens is 268 g/mol. The van der Waals surface area contributed by atoms with E-state index in [1.54, 1.807) is 18.2 Å². The first-order valence-electron chi connectivity index (χ1n) is 7.35. The van der Waals surface area contributed by atoms with Crippen molar-refractivity contribution < 1.29 is 14.7 Å². The summed E-state index contributed by atoms with van der Waals surface area (Å²) >= 11 is 0. The maximum atomic E-state index is 12.2. The van der Waals surface area contributed by atoms with Crippen molar-refractivity contribution in [2.45, 2.75) is 45.1 Å².